The Morgan fingerprint density at radius 1 is 1.29 bits per heavy atom. The summed E-state index contributed by atoms with van der Waals surface area (Å²) in [5, 5.41) is 1.02. The number of nitrogens with two attached hydrogens (primary N) is 2. The molecule has 0 saturated heterocycles. The number of fused-ring (bicyclic) bond motifs is 3. The number of hydrogen-bond acceptors (Lipinski definition) is 4. The largest absolute Gasteiger partial charge is 0.382 e. The van der Waals surface area contributed by atoms with Gasteiger partial charge in [0.2, 0.25) is 5.91 Å². The van der Waals surface area contributed by atoms with Gasteiger partial charge in [-0.05, 0) is 19.4 Å². The number of rotatable bonds is 4. The van der Waals surface area contributed by atoms with Gasteiger partial charge in [0.05, 0.1) is 11.0 Å². The lowest BCUT2D eigenvalue weighted by Crippen LogP contribution is -2.12. The van der Waals surface area contributed by atoms with Crippen molar-refractivity contribution in [2.75, 3.05) is 5.73 Å². The number of para-hydroxylation sites is 1. The normalized spacial score (nSPS) is 11.3. The summed E-state index contributed by atoms with van der Waals surface area (Å²) in [6.45, 7) is 2.61. The fourth-order valence-corrected chi connectivity index (χ4v) is 2.66. The molecule has 0 aliphatic rings. The Morgan fingerprint density at radius 2 is 2.05 bits per heavy atom. The van der Waals surface area contributed by atoms with Gasteiger partial charge in [-0.3, -0.25) is 4.79 Å². The molecule has 0 aliphatic carbocycles. The minimum atomic E-state index is -0.289. The molecule has 6 nitrogen and oxygen atoms in total. The number of amides is 1. The zero-order valence-corrected chi connectivity index (χ0v) is 11.8. The molecule has 4 N–H and O–H groups in total. The van der Waals surface area contributed by atoms with Crippen LogP contribution >= 0.6 is 0 Å². The third-order valence-electron chi connectivity index (χ3n) is 3.61. The maximum Gasteiger partial charge on any atom is 0.217 e. The Labute approximate surface area is 121 Å². The van der Waals surface area contributed by atoms with Crippen LogP contribution in [0.4, 0.5) is 5.82 Å². The zero-order valence-electron chi connectivity index (χ0n) is 11.8. The quantitative estimate of drug-likeness (QED) is 0.761. The van der Waals surface area contributed by atoms with Crippen molar-refractivity contribution in [2.24, 2.45) is 5.73 Å². The molecule has 1 aromatic carbocycles. The van der Waals surface area contributed by atoms with E-state index in [9.17, 15) is 4.79 Å². The molecule has 0 fully saturated rings. The van der Waals surface area contributed by atoms with E-state index in [4.69, 9.17) is 11.5 Å². The summed E-state index contributed by atoms with van der Waals surface area (Å²) in [6, 6.07) is 7.84. The Kier molecular flexibility index (Phi) is 3.21. The molecule has 0 spiro atoms. The molecule has 1 amide bonds. The van der Waals surface area contributed by atoms with E-state index < -0.39 is 0 Å². The Hall–Kier alpha value is -2.63. The number of carbonyl (C=O) groups excluding carboxylic acids is 1. The van der Waals surface area contributed by atoms with Gasteiger partial charge in [-0.15, -0.1) is 0 Å². The molecule has 6 heteroatoms. The molecular weight excluding hydrogens is 266 g/mol. The van der Waals surface area contributed by atoms with E-state index in [1.54, 1.807) is 0 Å². The van der Waals surface area contributed by atoms with Crippen molar-refractivity contribution in [2.45, 2.75) is 26.3 Å². The second kappa shape index (κ2) is 5.05. The van der Waals surface area contributed by atoms with Gasteiger partial charge in [-0.1, -0.05) is 18.2 Å². The lowest BCUT2D eigenvalue weighted by molar-refractivity contribution is -0.118. The van der Waals surface area contributed by atoms with E-state index in [-0.39, 0.29) is 5.91 Å². The molecule has 0 aliphatic heterocycles. The van der Waals surface area contributed by atoms with Gasteiger partial charge < -0.3 is 16.0 Å². The molecule has 3 aromatic rings. The number of imidazole rings is 1. The van der Waals surface area contributed by atoms with Crippen LogP contribution in [0.1, 0.15) is 18.7 Å². The van der Waals surface area contributed by atoms with Crippen LogP contribution in [0.5, 0.6) is 0 Å². The number of anilines is 1. The Balaban J connectivity index is 2.18. The third-order valence-corrected chi connectivity index (χ3v) is 3.61. The monoisotopic (exact) mass is 283 g/mol. The van der Waals surface area contributed by atoms with Gasteiger partial charge in [0.1, 0.15) is 11.3 Å². The Bertz CT molecular complexity index is 837. The lowest BCUT2D eigenvalue weighted by atomic mass is 10.2. The number of hydrogen-bond donors (Lipinski definition) is 2. The van der Waals surface area contributed by atoms with Crippen LogP contribution in [0.25, 0.3) is 21.9 Å². The predicted octanol–water partition coefficient (Wildman–Crippen LogP) is 1.74. The lowest BCUT2D eigenvalue weighted by Gasteiger charge is -2.08. The molecule has 0 atom stereocenters. The van der Waals surface area contributed by atoms with Gasteiger partial charge in [0, 0.05) is 18.4 Å². The number of pyridine rings is 1. The van der Waals surface area contributed by atoms with Gasteiger partial charge in [-0.25, -0.2) is 9.97 Å². The van der Waals surface area contributed by atoms with Crippen molar-refractivity contribution < 1.29 is 4.79 Å². The van der Waals surface area contributed by atoms with Gasteiger partial charge in [0.15, 0.2) is 5.82 Å². The summed E-state index contributed by atoms with van der Waals surface area (Å²) in [4.78, 5) is 19.8. The molecular formula is C15H17N5O. The third kappa shape index (κ3) is 2.29. The van der Waals surface area contributed by atoms with Crippen molar-refractivity contribution in [3.8, 4) is 0 Å². The molecule has 21 heavy (non-hydrogen) atoms. The first-order valence-corrected chi connectivity index (χ1v) is 6.87. The molecule has 0 unspecified atom stereocenters. The molecule has 0 saturated carbocycles. The highest BCUT2D eigenvalue weighted by atomic mass is 16.1. The molecule has 0 bridgehead atoms. The summed E-state index contributed by atoms with van der Waals surface area (Å²) in [5.41, 5.74) is 13.8. The van der Waals surface area contributed by atoms with Crippen molar-refractivity contribution in [1.82, 2.24) is 14.5 Å². The van der Waals surface area contributed by atoms with Gasteiger partial charge >= 0.3 is 0 Å². The van der Waals surface area contributed by atoms with Crippen molar-refractivity contribution in [1.29, 1.82) is 0 Å². The minimum absolute atomic E-state index is 0.289. The highest BCUT2D eigenvalue weighted by Crippen LogP contribution is 2.28. The standard InChI is InChI=1S/C15H17N5O/c1-9-18-13-14(20(9)8-4-7-12(16)21)10-5-2-3-6-11(10)19-15(13)17/h2-3,5-6H,4,7-8H2,1H3,(H2,16,21)(H2,17,19). The number of nitrogen functional groups attached to an aromatic ring is 1. The zero-order chi connectivity index (χ0) is 15.0. The van der Waals surface area contributed by atoms with E-state index in [0.717, 1.165) is 22.2 Å². The summed E-state index contributed by atoms with van der Waals surface area (Å²) in [7, 11) is 0. The summed E-state index contributed by atoms with van der Waals surface area (Å²) in [6.07, 6.45) is 1.04. The molecule has 0 radical (unpaired) electrons. The highest BCUT2D eigenvalue weighted by Gasteiger charge is 2.14. The van der Waals surface area contributed by atoms with Crippen molar-refractivity contribution >= 4 is 33.7 Å². The van der Waals surface area contributed by atoms with E-state index in [2.05, 4.69) is 14.5 Å². The fourth-order valence-electron chi connectivity index (χ4n) is 2.66. The van der Waals surface area contributed by atoms with E-state index >= 15 is 0 Å². The van der Waals surface area contributed by atoms with Crippen LogP contribution < -0.4 is 11.5 Å². The van der Waals surface area contributed by atoms with Crippen LogP contribution in [0.15, 0.2) is 24.3 Å². The number of aryl methyl sites for hydroxylation is 2. The maximum atomic E-state index is 10.9. The molecule has 2 heterocycles. The second-order valence-electron chi connectivity index (χ2n) is 5.09. The number of nitrogens with zero attached hydrogens (tertiary/aromatic N) is 3. The fraction of sp³-hybridized carbons (Fsp3) is 0.267. The smallest absolute Gasteiger partial charge is 0.217 e. The van der Waals surface area contributed by atoms with Gasteiger partial charge in [0.25, 0.3) is 0 Å². The van der Waals surface area contributed by atoms with Crippen LogP contribution in [0.3, 0.4) is 0 Å². The first-order valence-electron chi connectivity index (χ1n) is 6.87. The van der Waals surface area contributed by atoms with E-state index in [1.165, 1.54) is 0 Å². The number of primary amides is 1. The topological polar surface area (TPSA) is 99.8 Å². The summed E-state index contributed by atoms with van der Waals surface area (Å²) in [5.74, 6) is 1.00. The summed E-state index contributed by atoms with van der Waals surface area (Å²) < 4.78 is 2.08. The van der Waals surface area contributed by atoms with Gasteiger partial charge in [-0.2, -0.15) is 0 Å². The predicted molar refractivity (Wildman–Crippen MR) is 82.6 cm³/mol. The first kappa shape index (κ1) is 13.4. The van der Waals surface area contributed by atoms with E-state index in [1.807, 2.05) is 31.2 Å². The molecule has 108 valence electrons. The molecule has 2 aromatic heterocycles. The maximum absolute atomic E-state index is 10.9. The average molecular weight is 283 g/mol. The van der Waals surface area contributed by atoms with Crippen LogP contribution in [-0.2, 0) is 11.3 Å². The molecule has 3 rings (SSSR count). The first-order chi connectivity index (χ1) is 10.1. The van der Waals surface area contributed by atoms with Crippen LogP contribution in [0, 0.1) is 6.92 Å². The Morgan fingerprint density at radius 3 is 2.81 bits per heavy atom. The second-order valence-corrected chi connectivity index (χ2v) is 5.09. The van der Waals surface area contributed by atoms with Crippen molar-refractivity contribution in [3.63, 3.8) is 0 Å². The van der Waals surface area contributed by atoms with Crippen LogP contribution in [0.2, 0.25) is 0 Å². The number of aromatic nitrogens is 3. The van der Waals surface area contributed by atoms with E-state index in [0.29, 0.717) is 30.7 Å². The average Bonchev–Trinajstić information content (AvgIpc) is 2.77. The number of carbonyl (C=O) groups is 1. The van der Waals surface area contributed by atoms with Crippen molar-refractivity contribution in [3.05, 3.63) is 30.1 Å². The highest BCUT2D eigenvalue weighted by molar-refractivity contribution is 6.06. The van der Waals surface area contributed by atoms with Crippen LogP contribution in [-0.4, -0.2) is 20.4 Å². The number of benzene rings is 1. The minimum Gasteiger partial charge on any atom is -0.382 e. The SMILES string of the molecule is Cc1nc2c(N)nc3ccccc3c2n1CCCC(N)=O. The summed E-state index contributed by atoms with van der Waals surface area (Å²) >= 11 is 0.